The largest absolute Gasteiger partial charge is 0.477 e. The number of carboxylic acid groups (broad SMARTS) is 1. The summed E-state index contributed by atoms with van der Waals surface area (Å²) < 4.78 is 113. The van der Waals surface area contributed by atoms with Crippen molar-refractivity contribution in [3.05, 3.63) is 0 Å². The van der Waals surface area contributed by atoms with Crippen molar-refractivity contribution in [2.75, 3.05) is 66.1 Å². The van der Waals surface area contributed by atoms with Gasteiger partial charge in [-0.05, 0) is 0 Å². The van der Waals surface area contributed by atoms with Crippen molar-refractivity contribution < 1.29 is 267 Å². The molecule has 0 saturated carbocycles. The number of rotatable bonds is 36. The van der Waals surface area contributed by atoms with E-state index in [1.165, 1.54) is 0 Å². The average molecular weight is 1930 g/mol. The molecule has 0 aromatic carbocycles. The maximum Gasteiger partial charge on any atom is 0.364 e. The van der Waals surface area contributed by atoms with Crippen molar-refractivity contribution in [1.29, 1.82) is 0 Å². The molecule has 10 saturated heterocycles. The van der Waals surface area contributed by atoms with Crippen molar-refractivity contribution in [3.63, 3.8) is 0 Å². The van der Waals surface area contributed by atoms with Crippen LogP contribution in [-0.4, -0.2) is 562 Å². The van der Waals surface area contributed by atoms with Crippen LogP contribution in [0, 0.1) is 0 Å². The SMILES string of the molecule is CC(=O)N[C@H]1[C@H](O[C@H]2[C@H](O)[C@@H](NC(C)=O)C(O)O[C@@H]2CO)O[C@H](CO)[C@@H](O[C@@H]2O[C@H](CO[C@H]3O[C@H](CO)[C@@H](O)[C@H](O)[C@@H]3O[C@@H]3O[C@H](CO)[C@@H](O[C@@H]4O[C@H](CO)[C@H](O)[C@H](O)[C@H]4O)[C@H](O)[C@H]3NC(C)=O)[C@@H](O)[C@H](O[C@H]3O[C@H](CO)[C@@H](O)[C@H](O)[C@@H]3O[C@@H]3O[C@H](CO)[C@@H](O)[C@H](O[C@@H]4O[C@H](CO)[C@H](O)[C@H](O[C@]5(C(=O)O)C[C@H](O)[C@@H](NC(C)=O)[C@H]([C@H](O)[C@H](O)CO)O5)[C@H]4O)[C@H]3NC(C)=O)[C@@H]2O)[C@@H]1O. The molecule has 0 bridgehead atoms. The van der Waals surface area contributed by atoms with Gasteiger partial charge in [-0.3, -0.25) is 24.0 Å². The van der Waals surface area contributed by atoms with E-state index in [1.54, 1.807) is 0 Å². The third kappa shape index (κ3) is 24.0. The molecule has 59 nitrogen and oxygen atoms in total. The van der Waals surface area contributed by atoms with Crippen LogP contribution in [0.15, 0.2) is 0 Å². The van der Waals surface area contributed by atoms with E-state index in [0.717, 1.165) is 34.6 Å². The van der Waals surface area contributed by atoms with Crippen LogP contribution < -0.4 is 26.6 Å². The van der Waals surface area contributed by atoms with Crippen LogP contribution in [0.1, 0.15) is 41.0 Å². The quantitative estimate of drug-likeness (QED) is 0.0277. The van der Waals surface area contributed by atoms with Gasteiger partial charge in [-0.25, -0.2) is 4.79 Å². The summed E-state index contributed by atoms with van der Waals surface area (Å²) in [7, 11) is 0. The summed E-state index contributed by atoms with van der Waals surface area (Å²) in [4.78, 5) is 77.5. The number of aliphatic hydroxyl groups excluding tert-OH is 28. The smallest absolute Gasteiger partial charge is 0.364 e. The number of carboxylic acids is 1. The zero-order valence-electron chi connectivity index (χ0n) is 70.8. The first-order valence-electron chi connectivity index (χ1n) is 41.8. The zero-order chi connectivity index (χ0) is 97.6. The van der Waals surface area contributed by atoms with Gasteiger partial charge in [0.05, 0.1) is 78.2 Å². The van der Waals surface area contributed by atoms with Crippen LogP contribution in [0.5, 0.6) is 0 Å². The van der Waals surface area contributed by atoms with Crippen molar-refractivity contribution in [2.24, 2.45) is 0 Å². The van der Waals surface area contributed by atoms with E-state index in [9.17, 15) is 177 Å². The van der Waals surface area contributed by atoms with Gasteiger partial charge in [0.25, 0.3) is 5.79 Å². The second kappa shape index (κ2) is 47.3. The van der Waals surface area contributed by atoms with Gasteiger partial charge in [0.15, 0.2) is 56.6 Å². The summed E-state index contributed by atoms with van der Waals surface area (Å²) in [5.41, 5.74) is 0. The van der Waals surface area contributed by atoms with Crippen LogP contribution in [0.2, 0.25) is 0 Å². The number of hydrogen-bond acceptors (Lipinski definition) is 53. The fourth-order valence-corrected chi connectivity index (χ4v) is 17.0. The normalized spacial score (nSPS) is 47.2. The number of aliphatic carboxylic acids is 1. The Balaban J connectivity index is 0.995. The summed E-state index contributed by atoms with van der Waals surface area (Å²) in [5, 5.41) is 337. The topological polar surface area (TPSA) is 925 Å². The van der Waals surface area contributed by atoms with E-state index in [1.807, 2.05) is 0 Å². The number of carbonyl (C=O) groups excluding carboxylic acids is 5. The maximum atomic E-state index is 13.5. The molecule has 0 aromatic rings. The van der Waals surface area contributed by atoms with E-state index < -0.39 is 420 Å². The lowest BCUT2D eigenvalue weighted by atomic mass is 9.88. The van der Waals surface area contributed by atoms with Gasteiger partial charge in [0, 0.05) is 41.0 Å². The van der Waals surface area contributed by atoms with Gasteiger partial charge in [0.1, 0.15) is 238 Å². The first-order chi connectivity index (χ1) is 62.3. The van der Waals surface area contributed by atoms with Gasteiger partial charge in [-0.2, -0.15) is 0 Å². The number of amides is 5. The lowest BCUT2D eigenvalue weighted by Crippen LogP contribution is -2.72. The molecule has 0 spiro atoms. The summed E-state index contributed by atoms with van der Waals surface area (Å²) in [6.07, 6.45) is -101. The van der Waals surface area contributed by atoms with E-state index in [4.69, 9.17) is 90.0 Å². The molecule has 51 atom stereocenters. The summed E-state index contributed by atoms with van der Waals surface area (Å²) >= 11 is 0. The van der Waals surface area contributed by atoms with Gasteiger partial charge < -0.3 is 265 Å². The molecular formula is C73H121N5O54. The van der Waals surface area contributed by atoms with Gasteiger partial charge in [-0.1, -0.05) is 0 Å². The second-order valence-corrected chi connectivity index (χ2v) is 33.1. The third-order valence-electron chi connectivity index (χ3n) is 23.8. The monoisotopic (exact) mass is 1930 g/mol. The minimum absolute atomic E-state index is 0.820. The summed E-state index contributed by atoms with van der Waals surface area (Å²) in [5.74, 6) is -10.4. The predicted molar refractivity (Wildman–Crippen MR) is 405 cm³/mol. The number of carbonyl (C=O) groups is 6. The Kier molecular flexibility index (Phi) is 39.0. The first kappa shape index (κ1) is 109. The zero-order valence-corrected chi connectivity index (χ0v) is 70.8. The molecule has 59 heteroatoms. The van der Waals surface area contributed by atoms with Crippen LogP contribution >= 0.6 is 0 Å². The van der Waals surface area contributed by atoms with Crippen molar-refractivity contribution in [2.45, 2.75) is 353 Å². The molecule has 10 rings (SSSR count). The molecule has 132 heavy (non-hydrogen) atoms. The Labute approximate surface area is 746 Å². The Morgan fingerprint density at radius 3 is 1.08 bits per heavy atom. The highest BCUT2D eigenvalue weighted by Crippen LogP contribution is 2.43. The molecule has 34 N–H and O–H groups in total. The van der Waals surface area contributed by atoms with E-state index >= 15 is 0 Å². The maximum absolute atomic E-state index is 13.5. The Hall–Kier alpha value is -5.06. The number of nitrogens with one attached hydrogen (secondary N) is 5. The Morgan fingerprint density at radius 2 is 0.629 bits per heavy atom. The molecule has 0 aliphatic carbocycles. The molecular weight excluding hydrogens is 1810 g/mol. The highest BCUT2D eigenvalue weighted by Gasteiger charge is 2.64. The lowest BCUT2D eigenvalue weighted by molar-refractivity contribution is -0.400. The molecule has 5 amide bonds. The van der Waals surface area contributed by atoms with E-state index in [2.05, 4.69) is 26.6 Å². The predicted octanol–water partition coefficient (Wildman–Crippen LogP) is -22.9. The number of hydrogen-bond donors (Lipinski definition) is 34. The fraction of sp³-hybridized carbons (Fsp3) is 0.918. The van der Waals surface area contributed by atoms with E-state index in [-0.39, 0.29) is 0 Å². The molecule has 10 aliphatic rings. The Morgan fingerprint density at radius 1 is 0.311 bits per heavy atom. The van der Waals surface area contributed by atoms with Crippen molar-refractivity contribution in [1.82, 2.24) is 26.6 Å². The first-order valence-corrected chi connectivity index (χ1v) is 41.8. The fourth-order valence-electron chi connectivity index (χ4n) is 17.0. The highest BCUT2D eigenvalue weighted by molar-refractivity contribution is 5.77. The molecule has 10 heterocycles. The van der Waals surface area contributed by atoms with Crippen LogP contribution in [0.4, 0.5) is 0 Å². The van der Waals surface area contributed by atoms with Crippen LogP contribution in [-0.2, 0) is 119 Å². The summed E-state index contributed by atoms with van der Waals surface area (Å²) in [6.45, 7) is -7.38. The highest BCUT2D eigenvalue weighted by atomic mass is 16.8. The van der Waals surface area contributed by atoms with Gasteiger partial charge >= 0.3 is 5.97 Å². The molecule has 0 aromatic heterocycles. The minimum Gasteiger partial charge on any atom is -0.477 e. The number of ether oxygens (including phenoxy) is 19. The minimum atomic E-state index is -3.37. The Bertz CT molecular complexity index is 3680. The lowest BCUT2D eigenvalue weighted by Gasteiger charge is -2.52. The molecule has 10 fully saturated rings. The van der Waals surface area contributed by atoms with E-state index in [0.29, 0.717) is 0 Å². The summed E-state index contributed by atoms with van der Waals surface area (Å²) in [6, 6.07) is -9.62. The molecule has 1 unspecified atom stereocenters. The van der Waals surface area contributed by atoms with Crippen LogP contribution in [0.25, 0.3) is 0 Å². The second-order valence-electron chi connectivity index (χ2n) is 33.1. The van der Waals surface area contributed by atoms with Crippen molar-refractivity contribution in [3.8, 4) is 0 Å². The number of aliphatic hydroxyl groups is 28. The van der Waals surface area contributed by atoms with Gasteiger partial charge in [-0.15, -0.1) is 0 Å². The third-order valence-corrected chi connectivity index (χ3v) is 23.8. The molecule has 10 aliphatic heterocycles. The molecule has 762 valence electrons. The standard InChI is InChI=1S/C73H121N5O54/c1-17(88)74-33-22(93)6-73(72(112)113,131-58(33)38(95)23(94)7-79)132-60-43(100)28(12-84)118-69(53(60)110)127-57-37(78-21(5)92)66(116-27(11-83)42(57)99)130-62-50(107)41(98)26(10-82)120-71(62)128-59-44(101)32(123-68(52(59)109)126-56-31(15-87)121-64(35(46(56)103)76-19(3)90)124-54-29(13-85)115-63(111)34(45(54)102)75-18(2)89)16-114-70-61(49(106)40(97)25(9-81)119-70)129-65-36(77-20(4)91)47(104)55(30(14-86)122-65)125-67-51(108)48(105)39(96)24(8-80)117-67/h22-71,79-87,93-111H,6-16H2,1-5H3,(H,74,88)(H,75,89)(H,76,90)(H,77,91)(H,78,92)(H,112,113)/t22-,23+,24+,25+,26+,27+,28+,29+,30+,31+,32+,33+,34+,35+,36+,37+,38+,39-,40+,41+,42+,43-,44+,45+,46+,47+,48-,49-,50-,51+,52-,53+,54+,55+,56+,57+,58+,59-,60-,61-,62-,63?,64-,65-,66-,67-,68-,69-,70-,71+,73-/m0/s1. The average Bonchev–Trinajstić information content (AvgIpc) is 0.747. The van der Waals surface area contributed by atoms with Crippen LogP contribution in [0.3, 0.4) is 0 Å². The van der Waals surface area contributed by atoms with Crippen molar-refractivity contribution >= 4 is 35.5 Å². The molecule has 0 radical (unpaired) electrons. The van der Waals surface area contributed by atoms with Gasteiger partial charge in [0.2, 0.25) is 29.5 Å².